The van der Waals surface area contributed by atoms with E-state index < -0.39 is 0 Å². The third-order valence-corrected chi connectivity index (χ3v) is 3.62. The normalized spacial score (nSPS) is 10.4. The minimum Gasteiger partial charge on any atom is -0.354 e. The Balaban J connectivity index is 2.18. The van der Waals surface area contributed by atoms with Crippen LogP contribution in [0.5, 0.6) is 0 Å². The summed E-state index contributed by atoms with van der Waals surface area (Å²) in [7, 11) is 0. The lowest BCUT2D eigenvalue weighted by atomic mass is 10.1. The van der Waals surface area contributed by atoms with Gasteiger partial charge in [-0.2, -0.15) is 0 Å². The predicted octanol–water partition coefficient (Wildman–Crippen LogP) is 3.87. The van der Waals surface area contributed by atoms with E-state index in [1.165, 1.54) is 0 Å². The number of carbonyl (C=O) groups is 1. The number of amides is 1. The van der Waals surface area contributed by atoms with Crippen molar-refractivity contribution in [3.63, 3.8) is 0 Å². The van der Waals surface area contributed by atoms with E-state index in [1.807, 2.05) is 39.0 Å². The van der Waals surface area contributed by atoms with E-state index in [2.05, 4.69) is 27.5 Å². The molecule has 0 atom stereocenters. The maximum atomic E-state index is 12.5. The molecule has 1 aromatic heterocycles. The van der Waals surface area contributed by atoms with Gasteiger partial charge in [-0.1, -0.05) is 31.5 Å². The van der Waals surface area contributed by atoms with Crippen LogP contribution >= 0.6 is 0 Å². The van der Waals surface area contributed by atoms with Crippen LogP contribution in [0.25, 0.3) is 0 Å². The lowest BCUT2D eigenvalue weighted by Crippen LogP contribution is -2.17. The van der Waals surface area contributed by atoms with Gasteiger partial charge in [0, 0.05) is 17.9 Å². The molecule has 1 amide bonds. The van der Waals surface area contributed by atoms with Crippen LogP contribution in [0.3, 0.4) is 0 Å². The highest BCUT2D eigenvalue weighted by molar-refractivity contribution is 6.03. The molecule has 0 fully saturated rings. The highest BCUT2D eigenvalue weighted by Crippen LogP contribution is 2.20. The summed E-state index contributed by atoms with van der Waals surface area (Å²) in [5.74, 6) is 0.288. The van der Waals surface area contributed by atoms with Gasteiger partial charge in [0.15, 0.2) is 0 Å². The number of nitrogens with one attached hydrogen (secondary N) is 2. The summed E-state index contributed by atoms with van der Waals surface area (Å²) in [4.78, 5) is 21.2. The average molecular weight is 312 g/mol. The molecule has 0 saturated carbocycles. The van der Waals surface area contributed by atoms with E-state index in [4.69, 9.17) is 0 Å². The Labute approximate surface area is 137 Å². The summed E-state index contributed by atoms with van der Waals surface area (Å²) in [5.41, 5.74) is 4.05. The zero-order valence-electron chi connectivity index (χ0n) is 14.2. The molecule has 0 spiro atoms. The number of benzene rings is 1. The van der Waals surface area contributed by atoms with Gasteiger partial charge in [-0.15, -0.1) is 0 Å². The maximum absolute atomic E-state index is 12.5. The lowest BCUT2D eigenvalue weighted by molar-refractivity contribution is 0.102. The Kier molecular flexibility index (Phi) is 5.68. The van der Waals surface area contributed by atoms with Gasteiger partial charge >= 0.3 is 0 Å². The number of aryl methyl sites for hydroxylation is 3. The SMILES string of the molecule is CCCCNc1nc(C)cc(C(=O)Nc2c(C)cccc2C)n1. The van der Waals surface area contributed by atoms with Crippen molar-refractivity contribution in [2.75, 3.05) is 17.2 Å². The first-order valence-electron chi connectivity index (χ1n) is 7.98. The second-order valence-corrected chi connectivity index (χ2v) is 5.72. The molecular formula is C18H24N4O. The fourth-order valence-corrected chi connectivity index (χ4v) is 2.33. The van der Waals surface area contributed by atoms with Gasteiger partial charge in [-0.3, -0.25) is 4.79 Å². The molecule has 2 aromatic rings. The Morgan fingerprint density at radius 3 is 2.48 bits per heavy atom. The maximum Gasteiger partial charge on any atom is 0.274 e. The summed E-state index contributed by atoms with van der Waals surface area (Å²) >= 11 is 0. The fraction of sp³-hybridized carbons (Fsp3) is 0.389. The van der Waals surface area contributed by atoms with Crippen LogP contribution < -0.4 is 10.6 Å². The molecule has 5 nitrogen and oxygen atoms in total. The minimum atomic E-state index is -0.216. The third kappa shape index (κ3) is 4.52. The van der Waals surface area contributed by atoms with Crippen LogP contribution in [0.15, 0.2) is 24.3 Å². The van der Waals surface area contributed by atoms with E-state index in [9.17, 15) is 4.79 Å². The van der Waals surface area contributed by atoms with Gasteiger partial charge in [0.25, 0.3) is 5.91 Å². The van der Waals surface area contributed by atoms with E-state index in [0.717, 1.165) is 41.9 Å². The molecule has 0 saturated heterocycles. The largest absolute Gasteiger partial charge is 0.354 e. The van der Waals surface area contributed by atoms with Crippen molar-refractivity contribution in [1.29, 1.82) is 0 Å². The van der Waals surface area contributed by atoms with Crippen LogP contribution in [0.1, 0.15) is 47.1 Å². The van der Waals surface area contributed by atoms with Gasteiger partial charge in [-0.25, -0.2) is 9.97 Å². The quantitative estimate of drug-likeness (QED) is 0.795. The van der Waals surface area contributed by atoms with E-state index in [1.54, 1.807) is 6.07 Å². The molecule has 0 radical (unpaired) electrons. The number of unbranched alkanes of at least 4 members (excludes halogenated alkanes) is 1. The van der Waals surface area contributed by atoms with Crippen LogP contribution in [0, 0.1) is 20.8 Å². The Morgan fingerprint density at radius 1 is 1.13 bits per heavy atom. The zero-order chi connectivity index (χ0) is 16.8. The van der Waals surface area contributed by atoms with Crippen molar-refractivity contribution in [3.05, 3.63) is 46.8 Å². The molecule has 5 heteroatoms. The van der Waals surface area contributed by atoms with Gasteiger partial charge in [-0.05, 0) is 44.4 Å². The number of carbonyl (C=O) groups excluding carboxylic acids is 1. The smallest absolute Gasteiger partial charge is 0.274 e. The number of aromatic nitrogens is 2. The summed E-state index contributed by atoms with van der Waals surface area (Å²) in [6.45, 7) is 8.75. The first kappa shape index (κ1) is 16.9. The molecule has 0 aliphatic heterocycles. The van der Waals surface area contributed by atoms with Crippen LogP contribution in [-0.2, 0) is 0 Å². The van der Waals surface area contributed by atoms with E-state index >= 15 is 0 Å². The number of rotatable bonds is 6. The topological polar surface area (TPSA) is 66.9 Å². The van der Waals surface area contributed by atoms with Gasteiger partial charge in [0.1, 0.15) is 5.69 Å². The van der Waals surface area contributed by atoms with Crippen molar-refractivity contribution in [1.82, 2.24) is 9.97 Å². The second-order valence-electron chi connectivity index (χ2n) is 5.72. The Hall–Kier alpha value is -2.43. The molecule has 0 aliphatic carbocycles. The van der Waals surface area contributed by atoms with Gasteiger partial charge in [0.05, 0.1) is 0 Å². The number of hydrogen-bond acceptors (Lipinski definition) is 4. The molecule has 0 aliphatic rings. The minimum absolute atomic E-state index is 0.216. The monoisotopic (exact) mass is 312 g/mol. The van der Waals surface area contributed by atoms with Crippen molar-refractivity contribution in [3.8, 4) is 0 Å². The second kappa shape index (κ2) is 7.72. The van der Waals surface area contributed by atoms with Crippen LogP contribution in [-0.4, -0.2) is 22.4 Å². The predicted molar refractivity (Wildman–Crippen MR) is 94.0 cm³/mol. The lowest BCUT2D eigenvalue weighted by Gasteiger charge is -2.12. The standard InChI is InChI=1S/C18H24N4O/c1-5-6-10-19-18-20-14(4)11-15(21-18)17(23)22-16-12(2)8-7-9-13(16)3/h7-9,11H,5-6,10H2,1-4H3,(H,22,23)(H,19,20,21). The molecule has 2 rings (SSSR count). The first-order chi connectivity index (χ1) is 11.0. The van der Waals surface area contributed by atoms with Crippen molar-refractivity contribution < 1.29 is 4.79 Å². The van der Waals surface area contributed by atoms with Crippen LogP contribution in [0.2, 0.25) is 0 Å². The third-order valence-electron chi connectivity index (χ3n) is 3.62. The zero-order valence-corrected chi connectivity index (χ0v) is 14.2. The average Bonchev–Trinajstić information content (AvgIpc) is 2.50. The Bertz CT molecular complexity index is 677. The number of para-hydroxylation sites is 1. The van der Waals surface area contributed by atoms with Crippen molar-refractivity contribution >= 4 is 17.5 Å². The molecular weight excluding hydrogens is 288 g/mol. The molecule has 1 aromatic carbocycles. The van der Waals surface area contributed by atoms with Gasteiger partial charge in [0.2, 0.25) is 5.95 Å². The molecule has 0 unspecified atom stereocenters. The van der Waals surface area contributed by atoms with Crippen molar-refractivity contribution in [2.24, 2.45) is 0 Å². The fourth-order valence-electron chi connectivity index (χ4n) is 2.33. The van der Waals surface area contributed by atoms with Gasteiger partial charge < -0.3 is 10.6 Å². The molecule has 0 bridgehead atoms. The highest BCUT2D eigenvalue weighted by Gasteiger charge is 2.13. The van der Waals surface area contributed by atoms with E-state index in [0.29, 0.717) is 11.6 Å². The van der Waals surface area contributed by atoms with Crippen molar-refractivity contribution in [2.45, 2.75) is 40.5 Å². The number of anilines is 2. The molecule has 2 N–H and O–H groups in total. The first-order valence-corrected chi connectivity index (χ1v) is 7.98. The summed E-state index contributed by atoms with van der Waals surface area (Å²) in [6.07, 6.45) is 2.14. The molecule has 23 heavy (non-hydrogen) atoms. The molecule has 122 valence electrons. The number of nitrogens with zero attached hydrogens (tertiary/aromatic N) is 2. The van der Waals surface area contributed by atoms with E-state index in [-0.39, 0.29) is 5.91 Å². The van der Waals surface area contributed by atoms with Crippen LogP contribution in [0.4, 0.5) is 11.6 Å². The number of hydrogen-bond donors (Lipinski definition) is 2. The molecule has 1 heterocycles. The highest BCUT2D eigenvalue weighted by atomic mass is 16.1. The summed E-state index contributed by atoms with van der Waals surface area (Å²) in [5, 5.41) is 6.13. The Morgan fingerprint density at radius 2 is 1.83 bits per heavy atom. The summed E-state index contributed by atoms with van der Waals surface area (Å²) in [6, 6.07) is 7.63. The summed E-state index contributed by atoms with van der Waals surface area (Å²) < 4.78 is 0.